The van der Waals surface area contributed by atoms with Crippen LogP contribution >= 0.6 is 34.5 Å². The highest BCUT2D eigenvalue weighted by atomic mass is 35.5. The van der Waals surface area contributed by atoms with Gasteiger partial charge in [0.2, 0.25) is 0 Å². The lowest BCUT2D eigenvalue weighted by molar-refractivity contribution is 0.574. The summed E-state index contributed by atoms with van der Waals surface area (Å²) in [5.41, 5.74) is 1.88. The fraction of sp³-hybridized carbons (Fsp3) is 0.267. The molecule has 0 fully saturated rings. The van der Waals surface area contributed by atoms with Crippen molar-refractivity contribution in [2.24, 2.45) is 0 Å². The zero-order valence-electron chi connectivity index (χ0n) is 11.0. The second kappa shape index (κ2) is 5.76. The molecule has 2 heterocycles. The van der Waals surface area contributed by atoms with Crippen molar-refractivity contribution in [2.45, 2.75) is 25.3 Å². The topological polar surface area (TPSA) is 17.8 Å². The van der Waals surface area contributed by atoms with Gasteiger partial charge in [-0.3, -0.25) is 0 Å². The van der Waals surface area contributed by atoms with E-state index in [1.54, 1.807) is 11.3 Å². The van der Waals surface area contributed by atoms with E-state index >= 15 is 0 Å². The van der Waals surface area contributed by atoms with Crippen molar-refractivity contribution in [1.82, 2.24) is 9.55 Å². The van der Waals surface area contributed by atoms with Crippen LogP contribution in [0.2, 0.25) is 5.02 Å². The summed E-state index contributed by atoms with van der Waals surface area (Å²) in [4.78, 5) is 5.93. The maximum absolute atomic E-state index is 6.39. The van der Waals surface area contributed by atoms with Crippen LogP contribution in [0.25, 0.3) is 11.0 Å². The molecule has 3 aromatic rings. The smallest absolute Gasteiger partial charge is 0.125 e. The van der Waals surface area contributed by atoms with Crippen LogP contribution in [-0.4, -0.2) is 9.55 Å². The van der Waals surface area contributed by atoms with Crippen molar-refractivity contribution in [2.75, 3.05) is 0 Å². The molecule has 104 valence electrons. The SMILES string of the molecule is CCC(c1cccs1)n1c(CCl)nc2cccc(Cl)c21. The number of halogens is 2. The number of hydrogen-bond donors (Lipinski definition) is 0. The van der Waals surface area contributed by atoms with E-state index < -0.39 is 0 Å². The Labute approximate surface area is 132 Å². The predicted octanol–water partition coefficient (Wildman–Crippen LogP) is 5.49. The van der Waals surface area contributed by atoms with Crippen LogP contribution < -0.4 is 0 Å². The first kappa shape index (κ1) is 13.9. The van der Waals surface area contributed by atoms with Gasteiger partial charge in [0, 0.05) is 4.88 Å². The van der Waals surface area contributed by atoms with Crippen molar-refractivity contribution in [1.29, 1.82) is 0 Å². The van der Waals surface area contributed by atoms with Crippen LogP contribution in [0.1, 0.15) is 30.1 Å². The maximum Gasteiger partial charge on any atom is 0.125 e. The number of hydrogen-bond acceptors (Lipinski definition) is 2. The predicted molar refractivity (Wildman–Crippen MR) is 87.0 cm³/mol. The third-order valence-corrected chi connectivity index (χ3v) is 4.94. The van der Waals surface area contributed by atoms with E-state index in [0.717, 1.165) is 28.3 Å². The summed E-state index contributed by atoms with van der Waals surface area (Å²) in [5.74, 6) is 1.25. The van der Waals surface area contributed by atoms with Gasteiger partial charge in [-0.05, 0) is 30.0 Å². The highest BCUT2D eigenvalue weighted by molar-refractivity contribution is 7.10. The maximum atomic E-state index is 6.39. The molecule has 1 aromatic carbocycles. The van der Waals surface area contributed by atoms with E-state index in [1.165, 1.54) is 4.88 Å². The van der Waals surface area contributed by atoms with Gasteiger partial charge in [0.15, 0.2) is 0 Å². The molecule has 2 nitrogen and oxygen atoms in total. The lowest BCUT2D eigenvalue weighted by Gasteiger charge is -2.19. The normalized spacial score (nSPS) is 12.9. The van der Waals surface area contributed by atoms with E-state index in [4.69, 9.17) is 23.2 Å². The van der Waals surface area contributed by atoms with Gasteiger partial charge in [-0.25, -0.2) is 4.98 Å². The first-order valence-corrected chi connectivity index (χ1v) is 8.30. The summed E-state index contributed by atoms with van der Waals surface area (Å²) in [6.07, 6.45) is 0.973. The van der Waals surface area contributed by atoms with Crippen LogP contribution in [0.15, 0.2) is 35.7 Å². The molecule has 1 atom stereocenters. The minimum atomic E-state index is 0.230. The molecule has 0 aliphatic rings. The molecule has 2 aromatic heterocycles. The third-order valence-electron chi connectivity index (χ3n) is 3.42. The van der Waals surface area contributed by atoms with Gasteiger partial charge in [-0.2, -0.15) is 0 Å². The third kappa shape index (κ3) is 2.24. The van der Waals surface area contributed by atoms with Crippen molar-refractivity contribution in [3.05, 3.63) is 51.4 Å². The molecule has 20 heavy (non-hydrogen) atoms. The standard InChI is InChI=1S/C15H14Cl2N2S/c1-2-12(13-7-4-8-20-13)19-14(9-16)18-11-6-3-5-10(17)15(11)19/h3-8,12H,2,9H2,1H3. The fourth-order valence-corrected chi connectivity index (χ4v) is 3.93. The quantitative estimate of drug-likeness (QED) is 0.580. The lowest BCUT2D eigenvalue weighted by Crippen LogP contribution is -2.11. The van der Waals surface area contributed by atoms with Crippen molar-refractivity contribution >= 4 is 45.6 Å². The first-order chi connectivity index (χ1) is 9.76. The number of fused-ring (bicyclic) bond motifs is 1. The molecule has 0 saturated carbocycles. The molecule has 0 radical (unpaired) electrons. The summed E-state index contributed by atoms with van der Waals surface area (Å²) in [7, 11) is 0. The van der Waals surface area contributed by atoms with Crippen molar-refractivity contribution in [3.8, 4) is 0 Å². The molecular weight excluding hydrogens is 311 g/mol. The number of aromatic nitrogens is 2. The molecule has 0 aliphatic carbocycles. The highest BCUT2D eigenvalue weighted by Crippen LogP contribution is 2.34. The Hall–Kier alpha value is -1.03. The second-order valence-corrected chi connectivity index (χ2v) is 6.23. The number of nitrogens with zero attached hydrogens (tertiary/aromatic N) is 2. The van der Waals surface area contributed by atoms with E-state index in [9.17, 15) is 0 Å². The molecule has 0 spiro atoms. The van der Waals surface area contributed by atoms with Gasteiger partial charge >= 0.3 is 0 Å². The molecule has 0 aliphatic heterocycles. The highest BCUT2D eigenvalue weighted by Gasteiger charge is 2.21. The Morgan fingerprint density at radius 1 is 1.30 bits per heavy atom. The lowest BCUT2D eigenvalue weighted by atomic mass is 10.1. The Kier molecular flexibility index (Phi) is 4.01. The van der Waals surface area contributed by atoms with E-state index in [0.29, 0.717) is 5.88 Å². The summed E-state index contributed by atoms with van der Waals surface area (Å²) in [5, 5.41) is 2.82. The van der Waals surface area contributed by atoms with Crippen LogP contribution in [0.3, 0.4) is 0 Å². The van der Waals surface area contributed by atoms with Crippen LogP contribution in [0, 0.1) is 0 Å². The molecule has 0 saturated heterocycles. The molecule has 1 unspecified atom stereocenters. The number of alkyl halides is 1. The Morgan fingerprint density at radius 2 is 2.15 bits per heavy atom. The molecule has 5 heteroatoms. The van der Waals surface area contributed by atoms with E-state index in [-0.39, 0.29) is 6.04 Å². The largest absolute Gasteiger partial charge is 0.317 e. The number of benzene rings is 1. The van der Waals surface area contributed by atoms with Crippen LogP contribution in [0.5, 0.6) is 0 Å². The average Bonchev–Trinajstić information content (AvgIpc) is 3.08. The van der Waals surface area contributed by atoms with E-state index in [2.05, 4.69) is 34.0 Å². The van der Waals surface area contributed by atoms with Gasteiger partial charge in [-0.1, -0.05) is 30.7 Å². The van der Waals surface area contributed by atoms with Gasteiger partial charge in [0.05, 0.1) is 28.0 Å². The van der Waals surface area contributed by atoms with Crippen LogP contribution in [0.4, 0.5) is 0 Å². The number of thiophene rings is 1. The number of imidazole rings is 1. The molecule has 0 bridgehead atoms. The summed E-state index contributed by atoms with van der Waals surface area (Å²) < 4.78 is 2.19. The van der Waals surface area contributed by atoms with Gasteiger partial charge in [0.1, 0.15) is 5.82 Å². The van der Waals surface area contributed by atoms with E-state index in [1.807, 2.05) is 18.2 Å². The van der Waals surface area contributed by atoms with Crippen LogP contribution in [-0.2, 0) is 5.88 Å². The molecule has 0 N–H and O–H groups in total. The molecule has 3 rings (SSSR count). The monoisotopic (exact) mass is 324 g/mol. The Balaban J connectivity index is 2.28. The van der Waals surface area contributed by atoms with Gasteiger partial charge in [-0.15, -0.1) is 22.9 Å². The zero-order valence-corrected chi connectivity index (χ0v) is 13.3. The number of para-hydroxylation sites is 1. The first-order valence-electron chi connectivity index (χ1n) is 6.51. The Bertz CT molecular complexity index is 719. The van der Waals surface area contributed by atoms with Crippen molar-refractivity contribution in [3.63, 3.8) is 0 Å². The van der Waals surface area contributed by atoms with Crippen molar-refractivity contribution < 1.29 is 0 Å². The summed E-state index contributed by atoms with van der Waals surface area (Å²) >= 11 is 14.2. The Morgan fingerprint density at radius 3 is 2.80 bits per heavy atom. The number of rotatable bonds is 4. The second-order valence-electron chi connectivity index (χ2n) is 4.58. The fourth-order valence-electron chi connectivity index (χ4n) is 2.58. The van der Waals surface area contributed by atoms with Gasteiger partial charge < -0.3 is 4.57 Å². The summed E-state index contributed by atoms with van der Waals surface area (Å²) in [6.45, 7) is 2.17. The average molecular weight is 325 g/mol. The molecule has 0 amide bonds. The van der Waals surface area contributed by atoms with Gasteiger partial charge in [0.25, 0.3) is 0 Å². The minimum absolute atomic E-state index is 0.230. The summed E-state index contributed by atoms with van der Waals surface area (Å²) in [6, 6.07) is 10.3. The minimum Gasteiger partial charge on any atom is -0.317 e. The molecular formula is C15H14Cl2N2S. The zero-order chi connectivity index (χ0) is 14.1.